The zero-order chi connectivity index (χ0) is 16.9. The highest BCUT2D eigenvalue weighted by Crippen LogP contribution is 2.26. The van der Waals surface area contributed by atoms with E-state index in [1.165, 1.54) is 0 Å². The van der Waals surface area contributed by atoms with Crippen molar-refractivity contribution in [3.05, 3.63) is 23.3 Å². The lowest BCUT2D eigenvalue weighted by molar-refractivity contribution is -0.135. The highest BCUT2D eigenvalue weighted by Gasteiger charge is 2.19. The van der Waals surface area contributed by atoms with Gasteiger partial charge in [-0.3, -0.25) is 9.59 Å². The molecule has 22 heavy (non-hydrogen) atoms. The van der Waals surface area contributed by atoms with Crippen molar-refractivity contribution < 1.29 is 39.6 Å². The van der Waals surface area contributed by atoms with Gasteiger partial charge < -0.3 is 31.1 Å². The van der Waals surface area contributed by atoms with Gasteiger partial charge >= 0.3 is 23.9 Å². The maximum Gasteiger partial charge on any atom is 0.337 e. The minimum Gasteiger partial charge on any atom is -0.480 e. The standard InChI is InChI=1S/C12H12N2O8/c15-9(16)3-13-7-1-5(11(19)20)8(14-4-10(17)18)2-6(7)12(21)22/h1-2,13-14H,3-4H2,(H,15,16)(H,17,18)(H,19,20)(H,21,22). The lowest BCUT2D eigenvalue weighted by atomic mass is 10.1. The van der Waals surface area contributed by atoms with Gasteiger partial charge in [-0.2, -0.15) is 0 Å². The fraction of sp³-hybridized carbons (Fsp3) is 0.167. The molecule has 0 amide bonds. The van der Waals surface area contributed by atoms with Gasteiger partial charge in [-0.05, 0) is 12.1 Å². The highest BCUT2D eigenvalue weighted by molar-refractivity contribution is 6.02. The summed E-state index contributed by atoms with van der Waals surface area (Å²) in [5.74, 6) is -5.38. The van der Waals surface area contributed by atoms with Crippen molar-refractivity contribution in [2.24, 2.45) is 0 Å². The van der Waals surface area contributed by atoms with Crippen molar-refractivity contribution in [3.8, 4) is 0 Å². The number of carboxylic acid groups (broad SMARTS) is 4. The van der Waals surface area contributed by atoms with Gasteiger partial charge in [-0.15, -0.1) is 0 Å². The predicted octanol–water partition coefficient (Wildman–Crippen LogP) is 0.0760. The van der Waals surface area contributed by atoms with Crippen LogP contribution in [0.2, 0.25) is 0 Å². The van der Waals surface area contributed by atoms with Gasteiger partial charge in [0.15, 0.2) is 0 Å². The molecule has 118 valence electrons. The maximum atomic E-state index is 11.2. The van der Waals surface area contributed by atoms with Crippen LogP contribution in [0.4, 0.5) is 11.4 Å². The Balaban J connectivity index is 3.30. The molecule has 0 unspecified atom stereocenters. The van der Waals surface area contributed by atoms with Crippen LogP contribution in [-0.4, -0.2) is 57.4 Å². The first-order chi connectivity index (χ1) is 10.2. The Labute approximate surface area is 123 Å². The normalized spacial score (nSPS) is 9.82. The molecule has 10 heteroatoms. The molecule has 0 saturated heterocycles. The number of hydrogen-bond acceptors (Lipinski definition) is 6. The molecule has 0 aliphatic heterocycles. The third kappa shape index (κ3) is 4.37. The summed E-state index contributed by atoms with van der Waals surface area (Å²) < 4.78 is 0. The first-order valence-corrected chi connectivity index (χ1v) is 5.78. The van der Waals surface area contributed by atoms with E-state index in [1.54, 1.807) is 0 Å². The molecule has 0 bridgehead atoms. The van der Waals surface area contributed by atoms with Crippen LogP contribution in [0.25, 0.3) is 0 Å². The predicted molar refractivity (Wildman–Crippen MR) is 72.6 cm³/mol. The molecule has 0 atom stereocenters. The minimum atomic E-state index is -1.43. The van der Waals surface area contributed by atoms with Crippen molar-refractivity contribution in [3.63, 3.8) is 0 Å². The highest BCUT2D eigenvalue weighted by atomic mass is 16.4. The molecular formula is C12H12N2O8. The summed E-state index contributed by atoms with van der Waals surface area (Å²) >= 11 is 0. The van der Waals surface area contributed by atoms with Gasteiger partial charge in [0.05, 0.1) is 22.5 Å². The van der Waals surface area contributed by atoms with Gasteiger partial charge in [0.2, 0.25) is 0 Å². The zero-order valence-electron chi connectivity index (χ0n) is 11.0. The molecule has 1 aromatic carbocycles. The molecule has 6 N–H and O–H groups in total. The summed E-state index contributed by atoms with van der Waals surface area (Å²) in [5.41, 5.74) is -1.18. The monoisotopic (exact) mass is 312 g/mol. The Hall–Kier alpha value is -3.30. The van der Waals surface area contributed by atoms with Crippen LogP contribution in [0.3, 0.4) is 0 Å². The second kappa shape index (κ2) is 6.92. The molecule has 0 spiro atoms. The van der Waals surface area contributed by atoms with Gasteiger partial charge in [0.25, 0.3) is 0 Å². The number of nitrogens with one attached hydrogen (secondary N) is 2. The van der Waals surface area contributed by atoms with Crippen molar-refractivity contribution in [2.45, 2.75) is 0 Å². The van der Waals surface area contributed by atoms with Crippen LogP contribution in [0.15, 0.2) is 12.1 Å². The van der Waals surface area contributed by atoms with Crippen LogP contribution >= 0.6 is 0 Å². The second-order valence-electron chi connectivity index (χ2n) is 4.05. The number of aromatic carboxylic acids is 2. The first-order valence-electron chi connectivity index (χ1n) is 5.78. The van der Waals surface area contributed by atoms with Crippen molar-refractivity contribution >= 4 is 35.3 Å². The number of anilines is 2. The van der Waals surface area contributed by atoms with E-state index in [9.17, 15) is 19.2 Å². The molecule has 1 aromatic rings. The molecular weight excluding hydrogens is 300 g/mol. The van der Waals surface area contributed by atoms with E-state index in [-0.39, 0.29) is 22.5 Å². The number of rotatable bonds is 8. The number of carbonyl (C=O) groups is 4. The van der Waals surface area contributed by atoms with E-state index in [2.05, 4.69) is 10.6 Å². The molecule has 0 fully saturated rings. The molecule has 0 aliphatic rings. The van der Waals surface area contributed by atoms with E-state index >= 15 is 0 Å². The topological polar surface area (TPSA) is 173 Å². The third-order valence-corrected chi connectivity index (χ3v) is 2.48. The quantitative estimate of drug-likeness (QED) is 0.385. The molecule has 0 saturated carbocycles. The summed E-state index contributed by atoms with van der Waals surface area (Å²) in [5, 5.41) is 39.9. The number of hydrogen-bond donors (Lipinski definition) is 6. The average molecular weight is 312 g/mol. The summed E-state index contributed by atoms with van der Waals surface area (Å²) in [7, 11) is 0. The number of aliphatic carboxylic acids is 2. The van der Waals surface area contributed by atoms with E-state index in [0.717, 1.165) is 12.1 Å². The Kier molecular flexibility index (Phi) is 5.27. The molecule has 1 rings (SSSR count). The summed E-state index contributed by atoms with van der Waals surface area (Å²) in [6, 6.07) is 1.86. The Morgan fingerprint density at radius 3 is 1.27 bits per heavy atom. The summed E-state index contributed by atoms with van der Waals surface area (Å²) in [6.45, 7) is -1.22. The van der Waals surface area contributed by atoms with Crippen molar-refractivity contribution in [2.75, 3.05) is 23.7 Å². The Morgan fingerprint density at radius 2 is 1.05 bits per heavy atom. The number of carboxylic acids is 4. The van der Waals surface area contributed by atoms with Crippen molar-refractivity contribution in [1.29, 1.82) is 0 Å². The largest absolute Gasteiger partial charge is 0.480 e. The number of benzene rings is 1. The van der Waals surface area contributed by atoms with Crippen LogP contribution in [-0.2, 0) is 9.59 Å². The molecule has 0 heterocycles. The van der Waals surface area contributed by atoms with E-state index in [0.29, 0.717) is 0 Å². The third-order valence-electron chi connectivity index (χ3n) is 2.48. The lowest BCUT2D eigenvalue weighted by Crippen LogP contribution is -2.18. The minimum absolute atomic E-state index is 0.201. The average Bonchev–Trinajstić information content (AvgIpc) is 2.41. The van der Waals surface area contributed by atoms with Gasteiger partial charge in [-0.1, -0.05) is 0 Å². The lowest BCUT2D eigenvalue weighted by Gasteiger charge is -2.13. The maximum absolute atomic E-state index is 11.2. The summed E-state index contributed by atoms with van der Waals surface area (Å²) in [4.78, 5) is 43.3. The van der Waals surface area contributed by atoms with Gasteiger partial charge in [0, 0.05) is 0 Å². The molecule has 0 aliphatic carbocycles. The van der Waals surface area contributed by atoms with Crippen LogP contribution in [0, 0.1) is 0 Å². The van der Waals surface area contributed by atoms with Crippen molar-refractivity contribution in [1.82, 2.24) is 0 Å². The fourth-order valence-electron chi connectivity index (χ4n) is 1.59. The fourth-order valence-corrected chi connectivity index (χ4v) is 1.59. The Morgan fingerprint density at radius 1 is 0.727 bits per heavy atom. The van der Waals surface area contributed by atoms with E-state index in [4.69, 9.17) is 20.4 Å². The van der Waals surface area contributed by atoms with Crippen LogP contribution in [0.1, 0.15) is 20.7 Å². The summed E-state index contributed by atoms with van der Waals surface area (Å²) in [6.07, 6.45) is 0. The SMILES string of the molecule is O=C(O)CNc1cc(C(=O)O)c(NCC(=O)O)cc1C(=O)O. The molecule has 10 nitrogen and oxygen atoms in total. The second-order valence-corrected chi connectivity index (χ2v) is 4.05. The van der Waals surface area contributed by atoms with Crippen LogP contribution in [0.5, 0.6) is 0 Å². The van der Waals surface area contributed by atoms with E-state index < -0.39 is 37.0 Å². The van der Waals surface area contributed by atoms with E-state index in [1.807, 2.05) is 0 Å². The first kappa shape index (κ1) is 16.8. The zero-order valence-corrected chi connectivity index (χ0v) is 11.0. The van der Waals surface area contributed by atoms with Crippen LogP contribution < -0.4 is 10.6 Å². The molecule has 0 radical (unpaired) electrons. The van der Waals surface area contributed by atoms with Gasteiger partial charge in [-0.25, -0.2) is 9.59 Å². The smallest absolute Gasteiger partial charge is 0.337 e. The molecule has 0 aromatic heterocycles. The Bertz CT molecular complexity index is 585. The van der Waals surface area contributed by atoms with Gasteiger partial charge in [0.1, 0.15) is 13.1 Å².